The molecule has 2 atom stereocenters. The van der Waals surface area contributed by atoms with Crippen LogP contribution in [0.25, 0.3) is 0 Å². The molecular formula is C10H20ClN. The molecule has 0 amide bonds. The van der Waals surface area contributed by atoms with E-state index in [4.69, 9.17) is 11.6 Å². The standard InChI is InChI=1S/C10H20ClN/c1-4-9(2)10(3)12-8-6-5-7-11/h5-6,9-10,12H,4,7-8H2,1-3H3/b6-5+. The fourth-order valence-corrected chi connectivity index (χ4v) is 1.08. The summed E-state index contributed by atoms with van der Waals surface area (Å²) in [6.45, 7) is 7.64. The fourth-order valence-electron chi connectivity index (χ4n) is 0.955. The number of allylic oxidation sites excluding steroid dienone is 1. The summed E-state index contributed by atoms with van der Waals surface area (Å²) in [6.07, 6.45) is 5.27. The SMILES string of the molecule is CCC(C)C(C)NC/C=C/CCl. The van der Waals surface area contributed by atoms with Gasteiger partial charge < -0.3 is 5.32 Å². The molecule has 2 heteroatoms. The van der Waals surface area contributed by atoms with Crippen LogP contribution in [0, 0.1) is 5.92 Å². The molecule has 0 saturated heterocycles. The Morgan fingerprint density at radius 2 is 2.00 bits per heavy atom. The van der Waals surface area contributed by atoms with Gasteiger partial charge in [0.05, 0.1) is 0 Å². The molecule has 0 aliphatic heterocycles. The molecule has 0 fully saturated rings. The first-order valence-electron chi connectivity index (χ1n) is 4.66. The van der Waals surface area contributed by atoms with Gasteiger partial charge >= 0.3 is 0 Å². The molecule has 0 rings (SSSR count). The number of hydrogen-bond donors (Lipinski definition) is 1. The van der Waals surface area contributed by atoms with Crippen LogP contribution in [-0.4, -0.2) is 18.5 Å². The highest BCUT2D eigenvalue weighted by atomic mass is 35.5. The van der Waals surface area contributed by atoms with Gasteiger partial charge in [-0.25, -0.2) is 0 Å². The lowest BCUT2D eigenvalue weighted by molar-refractivity contribution is 0.404. The average Bonchev–Trinajstić information content (AvgIpc) is 2.10. The molecule has 0 aromatic rings. The van der Waals surface area contributed by atoms with Gasteiger partial charge in [0.2, 0.25) is 0 Å². The summed E-state index contributed by atoms with van der Waals surface area (Å²) < 4.78 is 0. The van der Waals surface area contributed by atoms with Gasteiger partial charge in [-0.2, -0.15) is 0 Å². The van der Waals surface area contributed by atoms with Crippen molar-refractivity contribution in [3.05, 3.63) is 12.2 Å². The van der Waals surface area contributed by atoms with Crippen LogP contribution in [0.4, 0.5) is 0 Å². The first kappa shape index (κ1) is 12.0. The average molecular weight is 190 g/mol. The third-order valence-corrected chi connectivity index (χ3v) is 2.49. The second kappa shape index (κ2) is 7.63. The van der Waals surface area contributed by atoms with Crippen molar-refractivity contribution in [3.63, 3.8) is 0 Å². The summed E-state index contributed by atoms with van der Waals surface area (Å²) in [4.78, 5) is 0. The number of hydrogen-bond acceptors (Lipinski definition) is 1. The number of rotatable bonds is 6. The molecule has 0 aromatic carbocycles. The van der Waals surface area contributed by atoms with Gasteiger partial charge in [0.1, 0.15) is 0 Å². The van der Waals surface area contributed by atoms with Crippen molar-refractivity contribution >= 4 is 11.6 Å². The van der Waals surface area contributed by atoms with E-state index in [0.29, 0.717) is 11.9 Å². The largest absolute Gasteiger partial charge is 0.311 e. The summed E-state index contributed by atoms with van der Waals surface area (Å²) in [6, 6.07) is 0.593. The van der Waals surface area contributed by atoms with Crippen molar-refractivity contribution in [2.24, 2.45) is 5.92 Å². The highest BCUT2D eigenvalue weighted by Crippen LogP contribution is 2.05. The van der Waals surface area contributed by atoms with Crippen molar-refractivity contribution in [1.29, 1.82) is 0 Å². The zero-order chi connectivity index (χ0) is 9.40. The summed E-state index contributed by atoms with van der Waals surface area (Å²) in [5.74, 6) is 1.36. The van der Waals surface area contributed by atoms with Gasteiger partial charge in [-0.05, 0) is 12.8 Å². The van der Waals surface area contributed by atoms with Gasteiger partial charge in [-0.1, -0.05) is 32.4 Å². The second-order valence-corrected chi connectivity index (χ2v) is 3.52. The summed E-state index contributed by atoms with van der Waals surface area (Å²) in [5, 5.41) is 3.42. The van der Waals surface area contributed by atoms with Crippen molar-refractivity contribution in [3.8, 4) is 0 Å². The highest BCUT2D eigenvalue weighted by molar-refractivity contribution is 6.18. The molecule has 0 bridgehead atoms. The fraction of sp³-hybridized carbons (Fsp3) is 0.800. The highest BCUT2D eigenvalue weighted by Gasteiger charge is 2.07. The Hall–Kier alpha value is -0.0100. The van der Waals surface area contributed by atoms with Gasteiger partial charge in [-0.3, -0.25) is 0 Å². The van der Waals surface area contributed by atoms with Gasteiger partial charge in [0.15, 0.2) is 0 Å². The number of nitrogens with one attached hydrogen (secondary N) is 1. The van der Waals surface area contributed by atoms with Crippen molar-refractivity contribution in [2.45, 2.75) is 33.2 Å². The van der Waals surface area contributed by atoms with Crippen LogP contribution in [0.3, 0.4) is 0 Å². The summed E-state index contributed by atoms with van der Waals surface area (Å²) in [5.41, 5.74) is 0. The van der Waals surface area contributed by atoms with Crippen LogP contribution in [-0.2, 0) is 0 Å². The Balaban J connectivity index is 3.43. The van der Waals surface area contributed by atoms with Gasteiger partial charge in [0, 0.05) is 18.5 Å². The first-order valence-corrected chi connectivity index (χ1v) is 5.20. The van der Waals surface area contributed by atoms with E-state index in [0.717, 1.165) is 12.5 Å². The van der Waals surface area contributed by atoms with Crippen LogP contribution >= 0.6 is 11.6 Å². The molecule has 1 nitrogen and oxygen atoms in total. The zero-order valence-electron chi connectivity index (χ0n) is 8.31. The molecule has 0 radical (unpaired) electrons. The predicted molar refractivity (Wildman–Crippen MR) is 56.8 cm³/mol. The van der Waals surface area contributed by atoms with Crippen LogP contribution in [0.2, 0.25) is 0 Å². The van der Waals surface area contributed by atoms with E-state index in [2.05, 4.69) is 32.2 Å². The van der Waals surface area contributed by atoms with E-state index in [-0.39, 0.29) is 0 Å². The second-order valence-electron chi connectivity index (χ2n) is 3.21. The quantitative estimate of drug-likeness (QED) is 0.501. The lowest BCUT2D eigenvalue weighted by Crippen LogP contribution is -2.31. The Bertz CT molecular complexity index is 123. The van der Waals surface area contributed by atoms with E-state index in [1.165, 1.54) is 6.42 Å². The molecule has 0 aliphatic carbocycles. The van der Waals surface area contributed by atoms with Crippen LogP contribution in [0.15, 0.2) is 12.2 Å². The molecular weight excluding hydrogens is 170 g/mol. The van der Waals surface area contributed by atoms with E-state index >= 15 is 0 Å². The summed E-state index contributed by atoms with van der Waals surface area (Å²) >= 11 is 5.49. The summed E-state index contributed by atoms with van der Waals surface area (Å²) in [7, 11) is 0. The van der Waals surface area contributed by atoms with E-state index in [9.17, 15) is 0 Å². The normalized spacial score (nSPS) is 16.7. The number of halogens is 1. The van der Waals surface area contributed by atoms with Crippen LogP contribution < -0.4 is 5.32 Å². The van der Waals surface area contributed by atoms with E-state index < -0.39 is 0 Å². The Morgan fingerprint density at radius 1 is 1.33 bits per heavy atom. The molecule has 0 spiro atoms. The number of alkyl halides is 1. The van der Waals surface area contributed by atoms with Crippen molar-refractivity contribution in [2.75, 3.05) is 12.4 Å². The predicted octanol–water partition coefficient (Wildman–Crippen LogP) is 2.81. The molecule has 72 valence electrons. The minimum Gasteiger partial charge on any atom is -0.311 e. The minimum absolute atomic E-state index is 0.593. The van der Waals surface area contributed by atoms with Crippen LogP contribution in [0.5, 0.6) is 0 Å². The third-order valence-electron chi connectivity index (χ3n) is 2.31. The Kier molecular flexibility index (Phi) is 7.62. The maximum absolute atomic E-state index is 5.49. The zero-order valence-corrected chi connectivity index (χ0v) is 9.06. The lowest BCUT2D eigenvalue weighted by atomic mass is 10.0. The monoisotopic (exact) mass is 189 g/mol. The van der Waals surface area contributed by atoms with E-state index in [1.807, 2.05) is 6.08 Å². The van der Waals surface area contributed by atoms with Crippen LogP contribution in [0.1, 0.15) is 27.2 Å². The van der Waals surface area contributed by atoms with Gasteiger partial charge in [0.25, 0.3) is 0 Å². The lowest BCUT2D eigenvalue weighted by Gasteiger charge is -2.18. The molecule has 0 saturated carbocycles. The van der Waals surface area contributed by atoms with Crippen molar-refractivity contribution in [1.82, 2.24) is 5.32 Å². The molecule has 2 unspecified atom stereocenters. The molecule has 12 heavy (non-hydrogen) atoms. The van der Waals surface area contributed by atoms with Crippen molar-refractivity contribution < 1.29 is 0 Å². The smallest absolute Gasteiger partial charge is 0.0404 e. The Labute approximate surface area is 81.2 Å². The first-order chi connectivity index (χ1) is 5.72. The molecule has 1 N–H and O–H groups in total. The third kappa shape index (κ3) is 5.62. The van der Waals surface area contributed by atoms with E-state index in [1.54, 1.807) is 0 Å². The molecule has 0 aromatic heterocycles. The molecule has 0 heterocycles. The molecule has 0 aliphatic rings. The topological polar surface area (TPSA) is 12.0 Å². The minimum atomic E-state index is 0.593. The Morgan fingerprint density at radius 3 is 2.50 bits per heavy atom. The maximum Gasteiger partial charge on any atom is 0.0404 e. The maximum atomic E-state index is 5.49. The van der Waals surface area contributed by atoms with Gasteiger partial charge in [-0.15, -0.1) is 11.6 Å².